The van der Waals surface area contributed by atoms with Gasteiger partial charge in [-0.05, 0) is 47.8 Å². The maximum absolute atomic E-state index is 13.4. The van der Waals surface area contributed by atoms with Crippen molar-refractivity contribution in [3.05, 3.63) is 76.5 Å². The Labute approximate surface area is 221 Å². The number of amides is 3. The number of methoxy groups -OCH3 is 1. The van der Waals surface area contributed by atoms with Gasteiger partial charge in [-0.2, -0.15) is 0 Å². The molecule has 0 saturated heterocycles. The lowest BCUT2D eigenvalue weighted by Gasteiger charge is -2.25. The van der Waals surface area contributed by atoms with E-state index in [1.165, 1.54) is 4.90 Å². The van der Waals surface area contributed by atoms with Crippen LogP contribution in [0.5, 0.6) is 5.75 Å². The minimum Gasteiger partial charge on any atom is -0.497 e. The molecule has 5 rings (SSSR count). The van der Waals surface area contributed by atoms with E-state index in [9.17, 15) is 14.4 Å². The number of carbonyl (C=O) groups is 3. The maximum Gasteiger partial charge on any atom is 0.259 e. The minimum absolute atomic E-state index is 0.0378. The molecule has 2 aromatic carbocycles. The number of nitrogens with one attached hydrogen (secondary N) is 2. The molecule has 11 heteroatoms. The van der Waals surface area contributed by atoms with E-state index in [2.05, 4.69) is 20.6 Å². The molecule has 1 atom stereocenters. The summed E-state index contributed by atoms with van der Waals surface area (Å²) in [6.45, 7) is 0.409. The third kappa shape index (κ3) is 5.57. The average molecular weight is 534 g/mol. The first kappa shape index (κ1) is 24.7. The molecule has 3 amide bonds. The van der Waals surface area contributed by atoms with E-state index in [4.69, 9.17) is 4.74 Å². The highest BCUT2D eigenvalue weighted by Crippen LogP contribution is 2.34. The van der Waals surface area contributed by atoms with E-state index >= 15 is 0 Å². The summed E-state index contributed by atoms with van der Waals surface area (Å²) in [7, 11) is 1.58. The molecule has 0 fully saturated rings. The van der Waals surface area contributed by atoms with Crippen molar-refractivity contribution in [3.8, 4) is 5.75 Å². The van der Waals surface area contributed by atoms with Gasteiger partial charge < -0.3 is 15.4 Å². The number of rotatable bonds is 8. The average Bonchev–Trinajstić information content (AvgIpc) is 3.55. The highest BCUT2D eigenvalue weighted by molar-refractivity contribution is 8.14. The highest BCUT2D eigenvalue weighted by Gasteiger charge is 2.42. The number of thiophene rings is 1. The van der Waals surface area contributed by atoms with Gasteiger partial charge in [0.2, 0.25) is 11.8 Å². The Morgan fingerprint density at radius 1 is 1.08 bits per heavy atom. The number of ether oxygens (including phenoxy) is 1. The minimum atomic E-state index is -0.858. The molecule has 2 aliphatic heterocycles. The normalized spacial score (nSPS) is 15.9. The van der Waals surface area contributed by atoms with Crippen molar-refractivity contribution < 1.29 is 19.1 Å². The van der Waals surface area contributed by atoms with Gasteiger partial charge in [0.1, 0.15) is 17.6 Å². The summed E-state index contributed by atoms with van der Waals surface area (Å²) in [4.78, 5) is 50.2. The quantitative estimate of drug-likeness (QED) is 0.458. The summed E-state index contributed by atoms with van der Waals surface area (Å²) >= 11 is 2.70. The van der Waals surface area contributed by atoms with Gasteiger partial charge in [-0.15, -0.1) is 11.3 Å². The SMILES string of the molecule is COc1ccc(NC(=O)CSC2=Nc3ccccc3C3=NC(CC(=O)NCc4cccs4)C(=O)N23)cc1. The van der Waals surface area contributed by atoms with Gasteiger partial charge in [-0.1, -0.05) is 30.0 Å². The molecule has 2 aliphatic rings. The van der Waals surface area contributed by atoms with Crippen LogP contribution in [0.15, 0.2) is 76.0 Å². The van der Waals surface area contributed by atoms with Crippen LogP contribution in [0.3, 0.4) is 0 Å². The zero-order valence-electron chi connectivity index (χ0n) is 19.8. The highest BCUT2D eigenvalue weighted by atomic mass is 32.2. The topological polar surface area (TPSA) is 112 Å². The summed E-state index contributed by atoms with van der Waals surface area (Å²) in [5.41, 5.74) is 2.01. The van der Waals surface area contributed by atoms with Crippen LogP contribution in [-0.4, -0.2) is 52.5 Å². The summed E-state index contributed by atoms with van der Waals surface area (Å²) in [6.07, 6.45) is -0.0672. The largest absolute Gasteiger partial charge is 0.497 e. The number of benzene rings is 2. The fraction of sp³-hybridized carbons (Fsp3) is 0.192. The molecule has 9 nitrogen and oxygen atoms in total. The zero-order valence-corrected chi connectivity index (χ0v) is 21.5. The monoisotopic (exact) mass is 533 g/mol. The second-order valence-corrected chi connectivity index (χ2v) is 10.2. The number of para-hydroxylation sites is 1. The lowest BCUT2D eigenvalue weighted by molar-refractivity contribution is -0.128. The molecule has 0 radical (unpaired) electrons. The van der Waals surface area contributed by atoms with Gasteiger partial charge >= 0.3 is 0 Å². The zero-order chi connectivity index (χ0) is 25.8. The predicted octanol–water partition coefficient (Wildman–Crippen LogP) is 3.79. The van der Waals surface area contributed by atoms with Crippen molar-refractivity contribution in [2.45, 2.75) is 19.0 Å². The number of carbonyl (C=O) groups excluding carboxylic acids is 3. The molecule has 37 heavy (non-hydrogen) atoms. The van der Waals surface area contributed by atoms with Crippen LogP contribution in [0, 0.1) is 0 Å². The second-order valence-electron chi connectivity index (χ2n) is 8.18. The second kappa shape index (κ2) is 11.0. The van der Waals surface area contributed by atoms with E-state index in [1.807, 2.05) is 41.8 Å². The van der Waals surface area contributed by atoms with E-state index < -0.39 is 6.04 Å². The van der Waals surface area contributed by atoms with Crippen LogP contribution < -0.4 is 15.4 Å². The Morgan fingerprint density at radius 2 is 1.89 bits per heavy atom. The Morgan fingerprint density at radius 3 is 2.65 bits per heavy atom. The van der Waals surface area contributed by atoms with Gasteiger partial charge in [0.25, 0.3) is 5.91 Å². The Hall–Kier alpha value is -3.96. The van der Waals surface area contributed by atoms with Crippen molar-refractivity contribution in [2.75, 3.05) is 18.2 Å². The Balaban J connectivity index is 1.27. The van der Waals surface area contributed by atoms with Gasteiger partial charge in [-0.25, -0.2) is 9.89 Å². The lowest BCUT2D eigenvalue weighted by Crippen LogP contribution is -2.42. The molecule has 1 unspecified atom stereocenters. The molecule has 188 valence electrons. The number of amidine groups is 2. The van der Waals surface area contributed by atoms with E-state index in [-0.39, 0.29) is 29.9 Å². The summed E-state index contributed by atoms with van der Waals surface area (Å²) in [5, 5.41) is 7.98. The first-order chi connectivity index (χ1) is 18.0. The molecular formula is C26H23N5O4S2. The van der Waals surface area contributed by atoms with Crippen molar-refractivity contribution in [2.24, 2.45) is 9.98 Å². The Kier molecular flexibility index (Phi) is 7.33. The van der Waals surface area contributed by atoms with E-state index in [0.29, 0.717) is 40.2 Å². The summed E-state index contributed by atoms with van der Waals surface area (Å²) in [6, 6.07) is 17.4. The van der Waals surface area contributed by atoms with Crippen LogP contribution in [0.25, 0.3) is 0 Å². The Bertz CT molecular complexity index is 1390. The third-order valence-electron chi connectivity index (χ3n) is 5.67. The summed E-state index contributed by atoms with van der Waals surface area (Å²) in [5.74, 6) is 0.343. The van der Waals surface area contributed by atoms with Crippen LogP contribution in [-0.2, 0) is 20.9 Å². The van der Waals surface area contributed by atoms with Crippen LogP contribution in [0.4, 0.5) is 11.4 Å². The third-order valence-corrected chi connectivity index (χ3v) is 7.49. The number of thioether (sulfide) groups is 1. The molecule has 0 bridgehead atoms. The first-order valence-electron chi connectivity index (χ1n) is 11.5. The van der Waals surface area contributed by atoms with Crippen LogP contribution >= 0.6 is 23.1 Å². The summed E-state index contributed by atoms with van der Waals surface area (Å²) < 4.78 is 5.14. The molecule has 0 spiro atoms. The number of aliphatic imine (C=N–C) groups is 2. The molecule has 1 aromatic heterocycles. The first-order valence-corrected chi connectivity index (χ1v) is 13.3. The van der Waals surface area contributed by atoms with Crippen molar-refractivity contribution in [3.63, 3.8) is 0 Å². The molecule has 3 aromatic rings. The van der Waals surface area contributed by atoms with Crippen molar-refractivity contribution >= 4 is 63.2 Å². The van der Waals surface area contributed by atoms with Crippen molar-refractivity contribution in [1.29, 1.82) is 0 Å². The molecule has 3 heterocycles. The van der Waals surface area contributed by atoms with Gasteiger partial charge in [0, 0.05) is 16.1 Å². The van der Waals surface area contributed by atoms with Crippen LogP contribution in [0.1, 0.15) is 16.9 Å². The molecular weight excluding hydrogens is 510 g/mol. The smallest absolute Gasteiger partial charge is 0.259 e. The number of hydrogen-bond acceptors (Lipinski definition) is 8. The lowest BCUT2D eigenvalue weighted by atomic mass is 10.1. The number of nitrogens with zero attached hydrogens (tertiary/aromatic N) is 3. The standard InChI is InChI=1S/C26H23N5O4S2/c1-35-17-10-8-16(9-11-17)28-23(33)15-37-26-30-20-7-3-2-6-19(20)24-29-21(25(34)31(24)26)13-22(32)27-14-18-5-4-12-36-18/h2-12,21H,13-15H2,1H3,(H,27,32)(H,28,33). The molecule has 0 aliphatic carbocycles. The fourth-order valence-corrected chi connectivity index (χ4v) is 5.33. The van der Waals surface area contributed by atoms with Gasteiger partial charge in [0.05, 0.1) is 31.5 Å². The maximum atomic E-state index is 13.4. The molecule has 0 saturated carbocycles. The van der Waals surface area contributed by atoms with Gasteiger partial charge in [-0.3, -0.25) is 19.4 Å². The molecule has 2 N–H and O–H groups in total. The predicted molar refractivity (Wildman–Crippen MR) is 146 cm³/mol. The van der Waals surface area contributed by atoms with Crippen molar-refractivity contribution in [1.82, 2.24) is 10.2 Å². The number of fused-ring (bicyclic) bond motifs is 3. The number of anilines is 1. The van der Waals surface area contributed by atoms with Crippen LogP contribution in [0.2, 0.25) is 0 Å². The van der Waals surface area contributed by atoms with E-state index in [1.54, 1.807) is 42.7 Å². The van der Waals surface area contributed by atoms with E-state index in [0.717, 1.165) is 16.6 Å². The number of hydrogen-bond donors (Lipinski definition) is 2. The van der Waals surface area contributed by atoms with Gasteiger partial charge in [0.15, 0.2) is 5.17 Å². The fourth-order valence-electron chi connectivity index (χ4n) is 3.88.